The third kappa shape index (κ3) is 1.55. The van der Waals surface area contributed by atoms with Crippen molar-refractivity contribution in [2.45, 2.75) is 6.92 Å². The van der Waals surface area contributed by atoms with Crippen LogP contribution >= 0.6 is 11.6 Å². The number of halogens is 1. The summed E-state index contributed by atoms with van der Waals surface area (Å²) in [4.78, 5) is 11.5. The van der Waals surface area contributed by atoms with E-state index < -0.39 is 0 Å². The number of hydrogen-bond acceptors (Lipinski definition) is 2. The number of anilines is 1. The smallest absolute Gasteiger partial charge is 0.230 e. The van der Waals surface area contributed by atoms with Gasteiger partial charge in [0.05, 0.1) is 17.5 Å². The average molecular weight is 212 g/mol. The number of ether oxygens (including phenoxy) is 1. The lowest BCUT2D eigenvalue weighted by molar-refractivity contribution is -0.119. The first-order valence-corrected chi connectivity index (χ1v) is 4.78. The molecular weight excluding hydrogens is 202 g/mol. The van der Waals surface area contributed by atoms with Crippen molar-refractivity contribution in [1.29, 1.82) is 0 Å². The fourth-order valence-corrected chi connectivity index (χ4v) is 1.50. The number of para-hydroxylation sites is 1. The molecule has 1 aliphatic rings. The van der Waals surface area contributed by atoms with Crippen LogP contribution in [0.5, 0.6) is 5.75 Å². The van der Waals surface area contributed by atoms with Crippen molar-refractivity contribution in [3.8, 4) is 5.75 Å². The van der Waals surface area contributed by atoms with Crippen molar-refractivity contribution in [3.05, 3.63) is 23.2 Å². The molecule has 14 heavy (non-hydrogen) atoms. The highest BCUT2D eigenvalue weighted by molar-refractivity contribution is 6.34. The van der Waals surface area contributed by atoms with Crippen LogP contribution < -0.4 is 10.1 Å². The van der Waals surface area contributed by atoms with Gasteiger partial charge in [0.25, 0.3) is 0 Å². The van der Waals surface area contributed by atoms with Crippen LogP contribution in [0.1, 0.15) is 6.92 Å². The van der Waals surface area contributed by atoms with Gasteiger partial charge in [0, 0.05) is 0 Å². The van der Waals surface area contributed by atoms with E-state index in [0.29, 0.717) is 23.1 Å². The molecule has 1 N–H and O–H groups in total. The summed E-state index contributed by atoms with van der Waals surface area (Å²) in [7, 11) is 0. The number of benzene rings is 1. The Balaban J connectivity index is 2.43. The SMILES string of the molecule is CC1COc2cccc(Cl)c2NC1=O. The van der Waals surface area contributed by atoms with Crippen LogP contribution in [0.4, 0.5) is 5.69 Å². The van der Waals surface area contributed by atoms with Crippen molar-refractivity contribution in [1.82, 2.24) is 0 Å². The molecule has 74 valence electrons. The quantitative estimate of drug-likeness (QED) is 0.715. The number of rotatable bonds is 0. The molecule has 1 aliphatic heterocycles. The van der Waals surface area contributed by atoms with Gasteiger partial charge >= 0.3 is 0 Å². The van der Waals surface area contributed by atoms with Crippen LogP contribution in [0.3, 0.4) is 0 Å². The van der Waals surface area contributed by atoms with E-state index in [1.807, 2.05) is 6.92 Å². The van der Waals surface area contributed by atoms with Crippen LogP contribution in [-0.4, -0.2) is 12.5 Å². The van der Waals surface area contributed by atoms with Gasteiger partial charge in [0.1, 0.15) is 11.4 Å². The lowest BCUT2D eigenvalue weighted by Crippen LogP contribution is -2.22. The van der Waals surface area contributed by atoms with Gasteiger partial charge in [0.2, 0.25) is 5.91 Å². The van der Waals surface area contributed by atoms with Crippen molar-refractivity contribution in [2.75, 3.05) is 11.9 Å². The summed E-state index contributed by atoms with van der Waals surface area (Å²) >= 11 is 5.93. The Hall–Kier alpha value is -1.22. The monoisotopic (exact) mass is 211 g/mol. The molecule has 1 aromatic rings. The van der Waals surface area contributed by atoms with E-state index in [0.717, 1.165) is 0 Å². The van der Waals surface area contributed by atoms with E-state index in [9.17, 15) is 4.79 Å². The molecule has 1 aromatic carbocycles. The Labute approximate surface area is 87.0 Å². The van der Waals surface area contributed by atoms with Crippen LogP contribution in [-0.2, 0) is 4.79 Å². The standard InChI is InChI=1S/C10H10ClNO2/c1-6-5-14-8-4-2-3-7(11)9(8)12-10(6)13/h2-4,6H,5H2,1H3,(H,12,13). The summed E-state index contributed by atoms with van der Waals surface area (Å²) in [5, 5.41) is 3.25. The summed E-state index contributed by atoms with van der Waals surface area (Å²) in [5.74, 6) is 0.422. The number of nitrogens with one attached hydrogen (secondary N) is 1. The van der Waals surface area contributed by atoms with E-state index in [4.69, 9.17) is 16.3 Å². The van der Waals surface area contributed by atoms with Crippen molar-refractivity contribution in [2.24, 2.45) is 5.92 Å². The first-order valence-electron chi connectivity index (χ1n) is 4.40. The highest BCUT2D eigenvalue weighted by Crippen LogP contribution is 2.34. The first kappa shape index (κ1) is 9.34. The Morgan fingerprint density at radius 3 is 3.14 bits per heavy atom. The predicted octanol–water partition coefficient (Wildman–Crippen LogP) is 2.31. The lowest BCUT2D eigenvalue weighted by atomic mass is 10.2. The summed E-state index contributed by atoms with van der Waals surface area (Å²) in [6, 6.07) is 5.31. The second-order valence-electron chi connectivity index (χ2n) is 3.31. The molecule has 1 atom stereocenters. The maximum absolute atomic E-state index is 11.5. The van der Waals surface area contributed by atoms with Crippen LogP contribution in [0.15, 0.2) is 18.2 Å². The Kier molecular flexibility index (Phi) is 2.33. The molecule has 0 bridgehead atoms. The topological polar surface area (TPSA) is 38.3 Å². The number of amides is 1. The second kappa shape index (κ2) is 3.50. The molecule has 0 aliphatic carbocycles. The molecule has 2 rings (SSSR count). The largest absolute Gasteiger partial charge is 0.491 e. The Morgan fingerprint density at radius 2 is 2.36 bits per heavy atom. The highest BCUT2D eigenvalue weighted by Gasteiger charge is 2.21. The van der Waals surface area contributed by atoms with E-state index >= 15 is 0 Å². The third-order valence-electron chi connectivity index (χ3n) is 2.16. The lowest BCUT2D eigenvalue weighted by Gasteiger charge is -2.07. The molecule has 0 aromatic heterocycles. The van der Waals surface area contributed by atoms with Crippen molar-refractivity contribution < 1.29 is 9.53 Å². The molecule has 0 radical (unpaired) electrons. The van der Waals surface area contributed by atoms with E-state index in [-0.39, 0.29) is 11.8 Å². The molecule has 0 fully saturated rings. The fourth-order valence-electron chi connectivity index (χ4n) is 1.28. The van der Waals surface area contributed by atoms with E-state index in [1.165, 1.54) is 0 Å². The Morgan fingerprint density at radius 1 is 1.57 bits per heavy atom. The van der Waals surface area contributed by atoms with Gasteiger partial charge in [-0.15, -0.1) is 0 Å². The molecule has 1 unspecified atom stereocenters. The van der Waals surface area contributed by atoms with Gasteiger partial charge in [-0.25, -0.2) is 0 Å². The highest BCUT2D eigenvalue weighted by atomic mass is 35.5. The minimum absolute atomic E-state index is 0.0585. The average Bonchev–Trinajstić information content (AvgIpc) is 2.30. The van der Waals surface area contributed by atoms with Crippen molar-refractivity contribution in [3.63, 3.8) is 0 Å². The fraction of sp³-hybridized carbons (Fsp3) is 0.300. The zero-order chi connectivity index (χ0) is 10.1. The molecule has 0 saturated heterocycles. The van der Waals surface area contributed by atoms with Gasteiger partial charge in [-0.3, -0.25) is 4.79 Å². The summed E-state index contributed by atoms with van der Waals surface area (Å²) in [6.07, 6.45) is 0. The maximum atomic E-state index is 11.5. The summed E-state index contributed by atoms with van der Waals surface area (Å²) in [6.45, 7) is 2.20. The molecule has 4 heteroatoms. The predicted molar refractivity (Wildman–Crippen MR) is 54.7 cm³/mol. The van der Waals surface area contributed by atoms with Gasteiger partial charge in [-0.1, -0.05) is 24.6 Å². The molecule has 0 saturated carbocycles. The van der Waals surface area contributed by atoms with Gasteiger partial charge in [-0.2, -0.15) is 0 Å². The van der Waals surface area contributed by atoms with Crippen LogP contribution in [0.25, 0.3) is 0 Å². The van der Waals surface area contributed by atoms with Crippen LogP contribution in [0.2, 0.25) is 5.02 Å². The summed E-state index contributed by atoms with van der Waals surface area (Å²) in [5.41, 5.74) is 0.573. The third-order valence-corrected chi connectivity index (χ3v) is 2.47. The minimum atomic E-state index is -0.154. The number of carbonyl (C=O) groups is 1. The van der Waals surface area contributed by atoms with Crippen molar-refractivity contribution >= 4 is 23.2 Å². The molecule has 3 nitrogen and oxygen atoms in total. The Bertz CT molecular complexity index is 378. The molecule has 1 heterocycles. The normalized spacial score (nSPS) is 20.4. The van der Waals surface area contributed by atoms with Gasteiger partial charge < -0.3 is 10.1 Å². The van der Waals surface area contributed by atoms with Gasteiger partial charge in [-0.05, 0) is 12.1 Å². The summed E-state index contributed by atoms with van der Waals surface area (Å²) < 4.78 is 5.44. The maximum Gasteiger partial charge on any atom is 0.230 e. The number of fused-ring (bicyclic) bond motifs is 1. The molecule has 0 spiro atoms. The minimum Gasteiger partial charge on any atom is -0.491 e. The van der Waals surface area contributed by atoms with E-state index in [1.54, 1.807) is 18.2 Å². The first-order chi connectivity index (χ1) is 6.68. The number of carbonyl (C=O) groups excluding carboxylic acids is 1. The second-order valence-corrected chi connectivity index (χ2v) is 3.72. The van der Waals surface area contributed by atoms with Crippen LogP contribution in [0, 0.1) is 5.92 Å². The molecular formula is C10H10ClNO2. The number of hydrogen-bond donors (Lipinski definition) is 1. The zero-order valence-corrected chi connectivity index (χ0v) is 8.47. The zero-order valence-electron chi connectivity index (χ0n) is 7.71. The van der Waals surface area contributed by atoms with Gasteiger partial charge in [0.15, 0.2) is 0 Å². The molecule has 1 amide bonds. The van der Waals surface area contributed by atoms with E-state index in [2.05, 4.69) is 5.32 Å².